The number of ether oxygens (including phenoxy) is 1. The van der Waals surface area contributed by atoms with Crippen molar-refractivity contribution >= 4 is 5.91 Å². The van der Waals surface area contributed by atoms with Crippen molar-refractivity contribution in [3.8, 4) is 5.75 Å². The summed E-state index contributed by atoms with van der Waals surface area (Å²) in [5.74, 6) is 1.44. The van der Waals surface area contributed by atoms with Crippen molar-refractivity contribution in [3.05, 3.63) is 35.2 Å². The number of amides is 1. The van der Waals surface area contributed by atoms with Crippen LogP contribution < -0.4 is 4.74 Å². The van der Waals surface area contributed by atoms with Crippen LogP contribution in [0.2, 0.25) is 0 Å². The Labute approximate surface area is 126 Å². The van der Waals surface area contributed by atoms with Crippen LogP contribution in [0, 0.1) is 19.8 Å². The molecule has 0 aliphatic heterocycles. The molecule has 1 aromatic rings. The number of carbonyl (C=O) groups is 1. The first-order valence-electron chi connectivity index (χ1n) is 7.42. The molecule has 4 nitrogen and oxygen atoms in total. The second kappa shape index (κ2) is 6.74. The Bertz CT molecular complexity index is 552. The van der Waals surface area contributed by atoms with Gasteiger partial charge in [-0.25, -0.2) is 0 Å². The van der Waals surface area contributed by atoms with Gasteiger partial charge in [0.1, 0.15) is 5.75 Å². The Kier molecular flexibility index (Phi) is 4.99. The first-order valence-corrected chi connectivity index (χ1v) is 7.42. The van der Waals surface area contributed by atoms with Crippen molar-refractivity contribution in [2.24, 2.45) is 5.92 Å². The van der Waals surface area contributed by atoms with Gasteiger partial charge in [0.05, 0.1) is 19.3 Å². The van der Waals surface area contributed by atoms with E-state index in [0.29, 0.717) is 18.9 Å². The van der Waals surface area contributed by atoms with Crippen molar-refractivity contribution in [2.75, 3.05) is 14.2 Å². The fourth-order valence-corrected chi connectivity index (χ4v) is 2.79. The molecule has 0 fully saturated rings. The molecule has 4 heteroatoms. The van der Waals surface area contributed by atoms with Crippen molar-refractivity contribution in [1.29, 1.82) is 0 Å². The molecule has 0 N–H and O–H groups in total. The standard InChI is InChI=1S/C17H24N2O2/c1-12-10-18-15(13(2)17(12)21-4)11-19(3)16(20)9-14-7-5-6-8-14/h5,7,10,14H,6,8-9,11H2,1-4H3/t14-/m1/s1. The minimum absolute atomic E-state index is 0.173. The van der Waals surface area contributed by atoms with E-state index in [-0.39, 0.29) is 5.91 Å². The van der Waals surface area contributed by atoms with E-state index in [1.165, 1.54) is 0 Å². The molecule has 1 atom stereocenters. The summed E-state index contributed by atoms with van der Waals surface area (Å²) < 4.78 is 5.41. The highest BCUT2D eigenvalue weighted by Crippen LogP contribution is 2.25. The van der Waals surface area contributed by atoms with Gasteiger partial charge in [0.2, 0.25) is 5.91 Å². The normalized spacial score (nSPS) is 17.0. The zero-order chi connectivity index (χ0) is 15.4. The van der Waals surface area contributed by atoms with Crippen LogP contribution in [0.5, 0.6) is 5.75 Å². The number of allylic oxidation sites excluding steroid dienone is 2. The molecule has 0 saturated heterocycles. The Balaban J connectivity index is 2.03. The van der Waals surface area contributed by atoms with Crippen LogP contribution in [-0.2, 0) is 11.3 Å². The SMILES string of the molecule is COc1c(C)cnc(CN(C)C(=O)C[C@@H]2C=CCC2)c1C. The number of rotatable bonds is 5. The molecule has 0 unspecified atom stereocenters. The Morgan fingerprint density at radius 1 is 1.48 bits per heavy atom. The number of aromatic nitrogens is 1. The van der Waals surface area contributed by atoms with Gasteiger partial charge in [-0.05, 0) is 32.6 Å². The van der Waals surface area contributed by atoms with Crippen LogP contribution in [0.3, 0.4) is 0 Å². The van der Waals surface area contributed by atoms with E-state index in [4.69, 9.17) is 4.74 Å². The van der Waals surface area contributed by atoms with E-state index < -0.39 is 0 Å². The third-order valence-corrected chi connectivity index (χ3v) is 4.11. The molecule has 0 bridgehead atoms. The van der Waals surface area contributed by atoms with Gasteiger partial charge >= 0.3 is 0 Å². The van der Waals surface area contributed by atoms with E-state index in [1.54, 1.807) is 18.2 Å². The lowest BCUT2D eigenvalue weighted by Crippen LogP contribution is -2.28. The van der Waals surface area contributed by atoms with E-state index in [9.17, 15) is 4.79 Å². The third-order valence-electron chi connectivity index (χ3n) is 4.11. The lowest BCUT2D eigenvalue weighted by Gasteiger charge is -2.20. The molecular formula is C17H24N2O2. The van der Waals surface area contributed by atoms with Crippen LogP contribution in [0.4, 0.5) is 0 Å². The van der Waals surface area contributed by atoms with Gasteiger partial charge < -0.3 is 9.64 Å². The lowest BCUT2D eigenvalue weighted by atomic mass is 10.0. The van der Waals surface area contributed by atoms with Crippen molar-refractivity contribution in [3.63, 3.8) is 0 Å². The number of aryl methyl sites for hydroxylation is 1. The summed E-state index contributed by atoms with van der Waals surface area (Å²) in [6, 6.07) is 0. The fourth-order valence-electron chi connectivity index (χ4n) is 2.79. The molecule has 0 saturated carbocycles. The molecule has 0 aromatic carbocycles. The Morgan fingerprint density at radius 2 is 2.24 bits per heavy atom. The smallest absolute Gasteiger partial charge is 0.223 e. The van der Waals surface area contributed by atoms with Crippen LogP contribution in [0.1, 0.15) is 36.1 Å². The van der Waals surface area contributed by atoms with Gasteiger partial charge in [0.25, 0.3) is 0 Å². The first-order chi connectivity index (χ1) is 10.0. The van der Waals surface area contributed by atoms with Gasteiger partial charge in [-0.1, -0.05) is 12.2 Å². The summed E-state index contributed by atoms with van der Waals surface area (Å²) in [5.41, 5.74) is 2.93. The summed E-state index contributed by atoms with van der Waals surface area (Å²) in [4.78, 5) is 18.5. The number of pyridine rings is 1. The summed E-state index contributed by atoms with van der Waals surface area (Å²) in [7, 11) is 3.51. The maximum Gasteiger partial charge on any atom is 0.223 e. The highest BCUT2D eigenvalue weighted by molar-refractivity contribution is 5.76. The molecule has 1 aromatic heterocycles. The van der Waals surface area contributed by atoms with Gasteiger partial charge in [0, 0.05) is 30.8 Å². The predicted molar refractivity (Wildman–Crippen MR) is 83.2 cm³/mol. The molecule has 1 aliphatic carbocycles. The van der Waals surface area contributed by atoms with Crippen LogP contribution in [0.15, 0.2) is 18.3 Å². The lowest BCUT2D eigenvalue weighted by molar-refractivity contribution is -0.131. The zero-order valence-electron chi connectivity index (χ0n) is 13.3. The molecule has 114 valence electrons. The summed E-state index contributed by atoms with van der Waals surface area (Å²) in [5, 5.41) is 0. The maximum absolute atomic E-state index is 12.3. The quantitative estimate of drug-likeness (QED) is 0.782. The molecule has 1 amide bonds. The molecular weight excluding hydrogens is 264 g/mol. The van der Waals surface area contributed by atoms with Gasteiger partial charge in [-0.2, -0.15) is 0 Å². The number of hydrogen-bond acceptors (Lipinski definition) is 3. The van der Waals surface area contributed by atoms with Gasteiger partial charge in [-0.3, -0.25) is 9.78 Å². The number of methoxy groups -OCH3 is 1. The van der Waals surface area contributed by atoms with Crippen LogP contribution >= 0.6 is 0 Å². The summed E-state index contributed by atoms with van der Waals surface area (Å²) in [6.07, 6.45) is 8.90. The Hall–Kier alpha value is -1.84. The average molecular weight is 288 g/mol. The molecule has 1 heterocycles. The molecule has 0 spiro atoms. The molecule has 1 aliphatic rings. The highest BCUT2D eigenvalue weighted by atomic mass is 16.5. The van der Waals surface area contributed by atoms with Crippen molar-refractivity contribution in [1.82, 2.24) is 9.88 Å². The number of hydrogen-bond donors (Lipinski definition) is 0. The second-order valence-electron chi connectivity index (χ2n) is 5.77. The van der Waals surface area contributed by atoms with E-state index in [1.807, 2.05) is 20.9 Å². The highest BCUT2D eigenvalue weighted by Gasteiger charge is 2.19. The van der Waals surface area contributed by atoms with Crippen LogP contribution in [-0.4, -0.2) is 29.9 Å². The molecule has 21 heavy (non-hydrogen) atoms. The molecule has 0 radical (unpaired) electrons. The molecule has 2 rings (SSSR count). The van der Waals surface area contributed by atoms with Gasteiger partial charge in [0.15, 0.2) is 0 Å². The third kappa shape index (κ3) is 3.63. The minimum atomic E-state index is 0.173. The maximum atomic E-state index is 12.3. The summed E-state index contributed by atoms with van der Waals surface area (Å²) >= 11 is 0. The van der Waals surface area contributed by atoms with E-state index in [0.717, 1.165) is 35.4 Å². The second-order valence-corrected chi connectivity index (χ2v) is 5.77. The van der Waals surface area contributed by atoms with Crippen molar-refractivity contribution in [2.45, 2.75) is 39.7 Å². The summed E-state index contributed by atoms with van der Waals surface area (Å²) in [6.45, 7) is 4.49. The monoisotopic (exact) mass is 288 g/mol. The Morgan fingerprint density at radius 3 is 2.86 bits per heavy atom. The number of carbonyl (C=O) groups excluding carboxylic acids is 1. The van der Waals surface area contributed by atoms with E-state index >= 15 is 0 Å². The topological polar surface area (TPSA) is 42.4 Å². The van der Waals surface area contributed by atoms with Crippen LogP contribution in [0.25, 0.3) is 0 Å². The van der Waals surface area contributed by atoms with Crippen molar-refractivity contribution < 1.29 is 9.53 Å². The van der Waals surface area contributed by atoms with E-state index in [2.05, 4.69) is 17.1 Å². The van der Waals surface area contributed by atoms with Gasteiger partial charge in [-0.15, -0.1) is 0 Å². The number of nitrogens with zero attached hydrogens (tertiary/aromatic N) is 2. The minimum Gasteiger partial charge on any atom is -0.496 e. The largest absolute Gasteiger partial charge is 0.496 e. The first kappa shape index (κ1) is 15.5. The average Bonchev–Trinajstić information content (AvgIpc) is 2.95. The zero-order valence-corrected chi connectivity index (χ0v) is 13.3. The predicted octanol–water partition coefficient (Wildman–Crippen LogP) is 3.02. The fraction of sp³-hybridized carbons (Fsp3) is 0.529.